The number of carbonyl (C=O) groups is 1. The second-order valence-corrected chi connectivity index (χ2v) is 3.65. The molecule has 0 aliphatic carbocycles. The SMILES string of the molecule is O=C(O)CN1CCCC(CO)CC1. The minimum absolute atomic E-state index is 0.137. The van der Waals surface area contributed by atoms with Crippen molar-refractivity contribution in [3.05, 3.63) is 0 Å². The molecular weight excluding hydrogens is 170 g/mol. The number of hydrogen-bond donors (Lipinski definition) is 2. The molecule has 4 nitrogen and oxygen atoms in total. The van der Waals surface area contributed by atoms with Gasteiger partial charge in [0, 0.05) is 6.61 Å². The summed E-state index contributed by atoms with van der Waals surface area (Å²) in [5.41, 5.74) is 0. The van der Waals surface area contributed by atoms with Crippen molar-refractivity contribution in [2.24, 2.45) is 5.92 Å². The van der Waals surface area contributed by atoms with Crippen LogP contribution in [0.15, 0.2) is 0 Å². The standard InChI is InChI=1S/C9H17NO3/c11-7-8-2-1-4-10(5-3-8)6-9(12)13/h8,11H,1-7H2,(H,12,13). The Morgan fingerprint density at radius 2 is 2.15 bits per heavy atom. The first-order valence-electron chi connectivity index (χ1n) is 4.77. The van der Waals surface area contributed by atoms with Gasteiger partial charge in [-0.2, -0.15) is 0 Å². The summed E-state index contributed by atoms with van der Waals surface area (Å²) in [6, 6.07) is 0. The van der Waals surface area contributed by atoms with E-state index in [0.717, 1.165) is 32.4 Å². The molecule has 13 heavy (non-hydrogen) atoms. The van der Waals surface area contributed by atoms with Crippen LogP contribution in [-0.4, -0.2) is 47.3 Å². The highest BCUT2D eigenvalue weighted by molar-refractivity contribution is 5.69. The highest BCUT2D eigenvalue weighted by atomic mass is 16.4. The van der Waals surface area contributed by atoms with Crippen LogP contribution >= 0.6 is 0 Å². The van der Waals surface area contributed by atoms with Crippen LogP contribution in [0.3, 0.4) is 0 Å². The molecule has 0 aromatic carbocycles. The van der Waals surface area contributed by atoms with Crippen LogP contribution in [0.25, 0.3) is 0 Å². The smallest absolute Gasteiger partial charge is 0.317 e. The number of carboxylic acid groups (broad SMARTS) is 1. The Morgan fingerprint density at radius 1 is 1.38 bits per heavy atom. The fourth-order valence-corrected chi connectivity index (χ4v) is 1.76. The van der Waals surface area contributed by atoms with E-state index in [0.29, 0.717) is 5.92 Å². The second-order valence-electron chi connectivity index (χ2n) is 3.65. The number of hydrogen-bond acceptors (Lipinski definition) is 3. The molecule has 2 N–H and O–H groups in total. The molecule has 1 atom stereocenters. The van der Waals surface area contributed by atoms with Crippen LogP contribution < -0.4 is 0 Å². The van der Waals surface area contributed by atoms with Crippen LogP contribution in [0, 0.1) is 5.92 Å². The van der Waals surface area contributed by atoms with Gasteiger partial charge in [0.1, 0.15) is 0 Å². The van der Waals surface area contributed by atoms with Crippen molar-refractivity contribution < 1.29 is 15.0 Å². The zero-order chi connectivity index (χ0) is 9.68. The largest absolute Gasteiger partial charge is 0.480 e. The lowest BCUT2D eigenvalue weighted by molar-refractivity contribution is -0.138. The molecule has 1 fully saturated rings. The maximum absolute atomic E-state index is 10.4. The number of aliphatic carboxylic acids is 1. The lowest BCUT2D eigenvalue weighted by atomic mass is 10.0. The first-order chi connectivity index (χ1) is 6.22. The summed E-state index contributed by atoms with van der Waals surface area (Å²) < 4.78 is 0. The summed E-state index contributed by atoms with van der Waals surface area (Å²) in [6.45, 7) is 2.03. The Bertz CT molecular complexity index is 172. The fraction of sp³-hybridized carbons (Fsp3) is 0.889. The van der Waals surface area contributed by atoms with Gasteiger partial charge in [0.05, 0.1) is 6.54 Å². The number of aliphatic hydroxyl groups is 1. The second kappa shape index (κ2) is 5.19. The molecule has 1 saturated heterocycles. The third-order valence-corrected chi connectivity index (χ3v) is 2.56. The van der Waals surface area contributed by atoms with Crippen molar-refractivity contribution in [1.29, 1.82) is 0 Å². The van der Waals surface area contributed by atoms with E-state index >= 15 is 0 Å². The molecule has 1 aliphatic heterocycles. The third-order valence-electron chi connectivity index (χ3n) is 2.56. The molecular formula is C9H17NO3. The molecule has 1 rings (SSSR count). The molecule has 0 radical (unpaired) electrons. The van der Waals surface area contributed by atoms with Gasteiger partial charge in [-0.15, -0.1) is 0 Å². The molecule has 0 amide bonds. The van der Waals surface area contributed by atoms with Crippen molar-refractivity contribution in [2.45, 2.75) is 19.3 Å². The van der Waals surface area contributed by atoms with Crippen LogP contribution in [-0.2, 0) is 4.79 Å². The molecule has 76 valence electrons. The molecule has 1 unspecified atom stereocenters. The lowest BCUT2D eigenvalue weighted by Gasteiger charge is -2.16. The Labute approximate surface area is 78.2 Å². The van der Waals surface area contributed by atoms with Crippen molar-refractivity contribution in [2.75, 3.05) is 26.2 Å². The Morgan fingerprint density at radius 3 is 2.77 bits per heavy atom. The predicted octanol–water partition coefficient (Wildman–Crippen LogP) is 0.165. The molecule has 4 heteroatoms. The van der Waals surface area contributed by atoms with Crippen LogP contribution in [0.5, 0.6) is 0 Å². The van der Waals surface area contributed by atoms with Crippen LogP contribution in [0.4, 0.5) is 0 Å². The number of carboxylic acids is 1. The number of aliphatic hydroxyl groups excluding tert-OH is 1. The molecule has 0 bridgehead atoms. The van der Waals surface area contributed by atoms with Crippen LogP contribution in [0.1, 0.15) is 19.3 Å². The van der Waals surface area contributed by atoms with E-state index in [1.165, 1.54) is 0 Å². The van der Waals surface area contributed by atoms with Gasteiger partial charge in [0.2, 0.25) is 0 Å². The summed E-state index contributed by atoms with van der Waals surface area (Å²) in [6.07, 6.45) is 2.94. The number of likely N-dealkylation sites (tertiary alicyclic amines) is 1. The summed E-state index contributed by atoms with van der Waals surface area (Å²) >= 11 is 0. The highest BCUT2D eigenvalue weighted by Gasteiger charge is 2.17. The average Bonchev–Trinajstić information content (AvgIpc) is 2.29. The molecule has 0 saturated carbocycles. The molecule has 0 spiro atoms. The van der Waals surface area contributed by atoms with Gasteiger partial charge in [-0.05, 0) is 38.3 Å². The summed E-state index contributed by atoms with van der Waals surface area (Å²) in [5.74, 6) is -0.388. The molecule has 0 aromatic heterocycles. The van der Waals surface area contributed by atoms with Crippen molar-refractivity contribution in [3.8, 4) is 0 Å². The number of rotatable bonds is 3. The topological polar surface area (TPSA) is 60.8 Å². The van der Waals surface area contributed by atoms with Crippen molar-refractivity contribution in [1.82, 2.24) is 4.90 Å². The van der Waals surface area contributed by atoms with Gasteiger partial charge >= 0.3 is 5.97 Å². The minimum Gasteiger partial charge on any atom is -0.480 e. The van der Waals surface area contributed by atoms with E-state index in [-0.39, 0.29) is 13.2 Å². The first-order valence-corrected chi connectivity index (χ1v) is 4.77. The van der Waals surface area contributed by atoms with Gasteiger partial charge in [-0.1, -0.05) is 0 Å². The van der Waals surface area contributed by atoms with Crippen molar-refractivity contribution >= 4 is 5.97 Å². The van der Waals surface area contributed by atoms with E-state index < -0.39 is 5.97 Å². The Kier molecular flexibility index (Phi) is 4.18. The van der Waals surface area contributed by atoms with E-state index in [4.69, 9.17) is 10.2 Å². The van der Waals surface area contributed by atoms with E-state index in [1.807, 2.05) is 4.90 Å². The summed E-state index contributed by atoms with van der Waals surface area (Å²) in [7, 11) is 0. The number of nitrogens with zero attached hydrogens (tertiary/aromatic N) is 1. The maximum Gasteiger partial charge on any atom is 0.317 e. The van der Waals surface area contributed by atoms with Crippen molar-refractivity contribution in [3.63, 3.8) is 0 Å². The van der Waals surface area contributed by atoms with Crippen LogP contribution in [0.2, 0.25) is 0 Å². The molecule has 1 aliphatic rings. The first kappa shape index (κ1) is 10.5. The zero-order valence-electron chi connectivity index (χ0n) is 7.78. The normalized spacial score (nSPS) is 25.5. The predicted molar refractivity (Wildman–Crippen MR) is 48.5 cm³/mol. The van der Waals surface area contributed by atoms with E-state index in [2.05, 4.69) is 0 Å². The minimum atomic E-state index is -0.762. The van der Waals surface area contributed by atoms with Gasteiger partial charge in [0.15, 0.2) is 0 Å². The summed E-state index contributed by atoms with van der Waals surface area (Å²) in [4.78, 5) is 12.4. The molecule has 1 heterocycles. The fourth-order valence-electron chi connectivity index (χ4n) is 1.76. The average molecular weight is 187 g/mol. The summed E-state index contributed by atoms with van der Waals surface area (Å²) in [5, 5.41) is 17.5. The highest BCUT2D eigenvalue weighted by Crippen LogP contribution is 2.16. The Balaban J connectivity index is 2.31. The van der Waals surface area contributed by atoms with Gasteiger partial charge in [-0.3, -0.25) is 9.69 Å². The van der Waals surface area contributed by atoms with E-state index in [1.54, 1.807) is 0 Å². The van der Waals surface area contributed by atoms with Gasteiger partial charge in [0.25, 0.3) is 0 Å². The Hall–Kier alpha value is -0.610. The zero-order valence-corrected chi connectivity index (χ0v) is 7.78. The lowest BCUT2D eigenvalue weighted by Crippen LogP contribution is -2.30. The maximum atomic E-state index is 10.4. The monoisotopic (exact) mass is 187 g/mol. The van der Waals surface area contributed by atoms with Gasteiger partial charge < -0.3 is 10.2 Å². The van der Waals surface area contributed by atoms with Gasteiger partial charge in [-0.25, -0.2) is 0 Å². The quantitative estimate of drug-likeness (QED) is 0.661. The molecule has 0 aromatic rings. The van der Waals surface area contributed by atoms with E-state index in [9.17, 15) is 4.79 Å². The third kappa shape index (κ3) is 3.74.